The van der Waals surface area contributed by atoms with Gasteiger partial charge in [-0.25, -0.2) is 0 Å². The minimum atomic E-state index is 0.135. The van der Waals surface area contributed by atoms with Crippen LogP contribution in [0.1, 0.15) is 50.4 Å². The summed E-state index contributed by atoms with van der Waals surface area (Å²) >= 11 is 0. The molecule has 1 aliphatic rings. The van der Waals surface area contributed by atoms with Gasteiger partial charge in [0.2, 0.25) is 0 Å². The summed E-state index contributed by atoms with van der Waals surface area (Å²) in [6.07, 6.45) is 4.61. The second-order valence-electron chi connectivity index (χ2n) is 6.75. The van der Waals surface area contributed by atoms with Crippen molar-refractivity contribution in [2.75, 3.05) is 5.43 Å². The summed E-state index contributed by atoms with van der Waals surface area (Å²) in [6, 6.07) is 6.56. The highest BCUT2D eigenvalue weighted by Crippen LogP contribution is 2.35. The van der Waals surface area contributed by atoms with Gasteiger partial charge in [-0.05, 0) is 54.4 Å². The summed E-state index contributed by atoms with van der Waals surface area (Å²) < 4.78 is 0. The highest BCUT2D eigenvalue weighted by Gasteiger charge is 2.20. The maximum Gasteiger partial charge on any atom is 0.0727 e. The molecule has 1 aliphatic carbocycles. The number of nitrogens with two attached hydrogens (primary N) is 1. The summed E-state index contributed by atoms with van der Waals surface area (Å²) in [6.45, 7) is 6.70. The van der Waals surface area contributed by atoms with Gasteiger partial charge in [-0.2, -0.15) is 0 Å². The molecule has 0 bridgehead atoms. The van der Waals surface area contributed by atoms with Crippen LogP contribution in [0, 0.1) is 0 Å². The molecule has 0 spiro atoms. The van der Waals surface area contributed by atoms with Gasteiger partial charge in [-0.3, -0.25) is 10.8 Å². The Morgan fingerprint density at radius 1 is 1.15 bits per heavy atom. The first-order valence-electron chi connectivity index (χ1n) is 7.43. The predicted octanol–water partition coefficient (Wildman–Crippen LogP) is 3.70. The predicted molar refractivity (Wildman–Crippen MR) is 84.9 cm³/mol. The Bertz CT molecular complexity index is 653. The summed E-state index contributed by atoms with van der Waals surface area (Å²) in [4.78, 5) is 4.85. The first-order valence-corrected chi connectivity index (χ1v) is 7.43. The van der Waals surface area contributed by atoms with E-state index in [-0.39, 0.29) is 5.41 Å². The molecule has 3 nitrogen and oxygen atoms in total. The van der Waals surface area contributed by atoms with E-state index in [2.05, 4.69) is 44.4 Å². The molecule has 0 radical (unpaired) electrons. The maximum absolute atomic E-state index is 5.82. The maximum atomic E-state index is 5.82. The van der Waals surface area contributed by atoms with Crippen molar-refractivity contribution in [2.45, 2.75) is 51.9 Å². The normalized spacial score (nSPS) is 15.2. The molecular weight excluding hydrogens is 246 g/mol. The lowest BCUT2D eigenvalue weighted by Crippen LogP contribution is -2.16. The number of hydrogen-bond acceptors (Lipinski definition) is 3. The highest BCUT2D eigenvalue weighted by atomic mass is 15.2. The summed E-state index contributed by atoms with van der Waals surface area (Å²) in [5.41, 5.74) is 9.06. The largest absolute Gasteiger partial charge is 0.323 e. The number of hydrogen-bond donors (Lipinski definition) is 2. The van der Waals surface area contributed by atoms with Gasteiger partial charge in [-0.15, -0.1) is 0 Å². The molecule has 0 saturated heterocycles. The van der Waals surface area contributed by atoms with Crippen LogP contribution >= 0.6 is 0 Å². The zero-order chi connectivity index (χ0) is 14.3. The Balaban J connectivity index is 2.28. The topological polar surface area (TPSA) is 50.9 Å². The molecule has 0 saturated carbocycles. The second-order valence-corrected chi connectivity index (χ2v) is 6.75. The van der Waals surface area contributed by atoms with E-state index in [0.29, 0.717) is 0 Å². The van der Waals surface area contributed by atoms with Crippen molar-refractivity contribution in [3.63, 3.8) is 0 Å². The number of hydrazine groups is 1. The summed E-state index contributed by atoms with van der Waals surface area (Å²) in [7, 11) is 0. The fraction of sp³-hybridized carbons (Fsp3) is 0.471. The Labute approximate surface area is 120 Å². The number of anilines is 1. The number of nitrogens with one attached hydrogen (secondary N) is 1. The van der Waals surface area contributed by atoms with Crippen LogP contribution in [0.3, 0.4) is 0 Å². The van der Waals surface area contributed by atoms with E-state index in [4.69, 9.17) is 10.8 Å². The molecule has 0 aliphatic heterocycles. The van der Waals surface area contributed by atoms with Gasteiger partial charge < -0.3 is 5.43 Å². The van der Waals surface area contributed by atoms with E-state index in [1.165, 1.54) is 29.7 Å². The lowest BCUT2D eigenvalue weighted by molar-refractivity contribution is 0.591. The Morgan fingerprint density at radius 2 is 1.90 bits per heavy atom. The van der Waals surface area contributed by atoms with Gasteiger partial charge in [0.25, 0.3) is 0 Å². The molecule has 0 atom stereocenters. The molecule has 3 N–H and O–H groups in total. The van der Waals surface area contributed by atoms with Crippen LogP contribution in [0.4, 0.5) is 5.69 Å². The fourth-order valence-corrected chi connectivity index (χ4v) is 3.06. The van der Waals surface area contributed by atoms with Crippen LogP contribution in [0.5, 0.6) is 0 Å². The van der Waals surface area contributed by atoms with Crippen LogP contribution in [0.25, 0.3) is 10.9 Å². The number of benzene rings is 1. The number of nitrogen functional groups attached to an aromatic ring is 1. The Morgan fingerprint density at radius 3 is 2.60 bits per heavy atom. The third-order valence-electron chi connectivity index (χ3n) is 4.27. The second kappa shape index (κ2) is 4.74. The first kappa shape index (κ1) is 13.4. The zero-order valence-electron chi connectivity index (χ0n) is 12.6. The third kappa shape index (κ3) is 2.16. The van der Waals surface area contributed by atoms with E-state index in [9.17, 15) is 0 Å². The molecular formula is C17H23N3. The van der Waals surface area contributed by atoms with Gasteiger partial charge in [-0.1, -0.05) is 26.8 Å². The molecule has 0 amide bonds. The molecule has 0 fully saturated rings. The van der Waals surface area contributed by atoms with Gasteiger partial charge in [0, 0.05) is 11.1 Å². The number of aromatic nitrogens is 1. The monoisotopic (exact) mass is 269 g/mol. The van der Waals surface area contributed by atoms with Crippen molar-refractivity contribution in [1.82, 2.24) is 4.98 Å². The average Bonchev–Trinajstić information content (AvgIpc) is 2.43. The number of aryl methyl sites for hydroxylation is 1. The average molecular weight is 269 g/mol. The van der Waals surface area contributed by atoms with Crippen molar-refractivity contribution >= 4 is 16.6 Å². The molecule has 1 aromatic carbocycles. The molecule has 1 aromatic heterocycles. The number of rotatable bonds is 1. The molecule has 1 heterocycles. The van der Waals surface area contributed by atoms with Gasteiger partial charge in [0.05, 0.1) is 11.2 Å². The molecule has 20 heavy (non-hydrogen) atoms. The van der Waals surface area contributed by atoms with Crippen molar-refractivity contribution in [2.24, 2.45) is 5.84 Å². The van der Waals surface area contributed by atoms with Crippen molar-refractivity contribution in [3.05, 3.63) is 35.0 Å². The van der Waals surface area contributed by atoms with E-state index in [1.54, 1.807) is 0 Å². The Hall–Kier alpha value is -1.61. The molecule has 3 rings (SSSR count). The minimum absolute atomic E-state index is 0.135. The molecule has 0 unspecified atom stereocenters. The summed E-state index contributed by atoms with van der Waals surface area (Å²) in [5, 5.41) is 1.15. The lowest BCUT2D eigenvalue weighted by atomic mass is 9.85. The Kier molecular flexibility index (Phi) is 3.17. The quantitative estimate of drug-likeness (QED) is 0.613. The number of nitrogens with zero attached hydrogens (tertiary/aromatic N) is 1. The molecule has 2 aromatic rings. The standard InChI is InChI=1S/C17H23N3/c1-17(2,3)11-8-9-15-13(10-11)16(20-18)12-6-4-5-7-14(12)19-15/h8-10H,4-7,18H2,1-3H3,(H,19,20). The highest BCUT2D eigenvalue weighted by molar-refractivity contribution is 5.94. The van der Waals surface area contributed by atoms with Crippen molar-refractivity contribution in [3.8, 4) is 0 Å². The van der Waals surface area contributed by atoms with Crippen LogP contribution < -0.4 is 11.3 Å². The van der Waals surface area contributed by atoms with Gasteiger partial charge >= 0.3 is 0 Å². The lowest BCUT2D eigenvalue weighted by Gasteiger charge is -2.23. The summed E-state index contributed by atoms with van der Waals surface area (Å²) in [5.74, 6) is 5.82. The SMILES string of the molecule is CC(C)(C)c1ccc2nc3c(c(NN)c2c1)CCCC3. The third-order valence-corrected chi connectivity index (χ3v) is 4.27. The first-order chi connectivity index (χ1) is 9.50. The van der Waals surface area contributed by atoms with Crippen LogP contribution in [0.15, 0.2) is 18.2 Å². The fourth-order valence-electron chi connectivity index (χ4n) is 3.06. The smallest absolute Gasteiger partial charge is 0.0727 e. The molecule has 106 valence electrons. The van der Waals surface area contributed by atoms with Crippen molar-refractivity contribution < 1.29 is 0 Å². The van der Waals surface area contributed by atoms with Crippen LogP contribution in [0.2, 0.25) is 0 Å². The van der Waals surface area contributed by atoms with E-state index in [0.717, 1.165) is 29.4 Å². The molecule has 3 heteroatoms. The van der Waals surface area contributed by atoms with Gasteiger partial charge in [0.15, 0.2) is 0 Å². The van der Waals surface area contributed by atoms with E-state index >= 15 is 0 Å². The van der Waals surface area contributed by atoms with Crippen LogP contribution in [-0.4, -0.2) is 4.98 Å². The van der Waals surface area contributed by atoms with Crippen LogP contribution in [-0.2, 0) is 18.3 Å². The number of fused-ring (bicyclic) bond motifs is 2. The van der Waals surface area contributed by atoms with Crippen molar-refractivity contribution in [1.29, 1.82) is 0 Å². The van der Waals surface area contributed by atoms with E-state index < -0.39 is 0 Å². The minimum Gasteiger partial charge on any atom is -0.323 e. The number of pyridine rings is 1. The van der Waals surface area contributed by atoms with E-state index in [1.807, 2.05) is 0 Å². The van der Waals surface area contributed by atoms with Gasteiger partial charge in [0.1, 0.15) is 0 Å². The zero-order valence-corrected chi connectivity index (χ0v) is 12.6.